The van der Waals surface area contributed by atoms with E-state index in [0.717, 1.165) is 49.4 Å². The van der Waals surface area contributed by atoms with Crippen molar-refractivity contribution >= 4 is 11.9 Å². The molecule has 2 atom stereocenters. The second kappa shape index (κ2) is 9.66. The van der Waals surface area contributed by atoms with E-state index in [1.165, 1.54) is 11.3 Å². The van der Waals surface area contributed by atoms with Crippen molar-refractivity contribution < 1.29 is 14.6 Å². The number of hydrogen-bond donors (Lipinski definition) is 2. The molecule has 168 valence electrons. The Kier molecular flexibility index (Phi) is 6.73. The number of fused-ring (bicyclic) bond motifs is 1. The number of amides is 1. The van der Waals surface area contributed by atoms with Crippen molar-refractivity contribution in [2.45, 2.75) is 50.7 Å². The van der Waals surface area contributed by atoms with Crippen LogP contribution in [0.15, 0.2) is 0 Å². The van der Waals surface area contributed by atoms with Crippen LogP contribution in [0.5, 0.6) is 6.01 Å². The number of nitrogens with zero attached hydrogens (tertiary/aromatic N) is 6. The van der Waals surface area contributed by atoms with Gasteiger partial charge in [-0.1, -0.05) is 0 Å². The predicted molar refractivity (Wildman–Crippen MR) is 114 cm³/mol. The number of rotatable bonds is 5. The summed E-state index contributed by atoms with van der Waals surface area (Å²) in [4.78, 5) is 26.9. The Morgan fingerprint density at radius 2 is 2.16 bits per heavy atom. The molecule has 4 rings (SSSR count). The molecule has 2 N–H and O–H groups in total. The molecule has 2 saturated heterocycles. The lowest BCUT2D eigenvalue weighted by molar-refractivity contribution is 0.119. The number of likely N-dealkylation sites (N-methyl/N-ethyl adjacent to an activating group) is 1. The van der Waals surface area contributed by atoms with Crippen molar-refractivity contribution in [2.75, 3.05) is 51.3 Å². The third kappa shape index (κ3) is 4.83. The summed E-state index contributed by atoms with van der Waals surface area (Å²) >= 11 is 0. The minimum absolute atomic E-state index is 0.162. The van der Waals surface area contributed by atoms with E-state index in [9.17, 15) is 15.2 Å². The molecule has 3 aliphatic rings. The average Bonchev–Trinajstić information content (AvgIpc) is 3.02. The maximum absolute atomic E-state index is 11.6. The van der Waals surface area contributed by atoms with E-state index in [-0.39, 0.29) is 12.5 Å². The second-order valence-corrected chi connectivity index (χ2v) is 8.56. The number of likely N-dealkylation sites (tertiary alicyclic amines) is 1. The molecular weight excluding hydrogens is 398 g/mol. The first-order chi connectivity index (χ1) is 15.1. The van der Waals surface area contributed by atoms with Gasteiger partial charge in [-0.2, -0.15) is 15.2 Å². The summed E-state index contributed by atoms with van der Waals surface area (Å²) in [6, 6.07) is 2.52. The Morgan fingerprint density at radius 1 is 1.29 bits per heavy atom. The highest BCUT2D eigenvalue weighted by atomic mass is 16.5. The molecule has 0 spiro atoms. The van der Waals surface area contributed by atoms with Gasteiger partial charge in [0.1, 0.15) is 12.4 Å². The molecule has 0 saturated carbocycles. The maximum Gasteiger partial charge on any atom is 0.407 e. The molecule has 0 bridgehead atoms. The molecule has 4 heterocycles. The van der Waals surface area contributed by atoms with Crippen LogP contribution in [0.25, 0.3) is 0 Å². The lowest BCUT2D eigenvalue weighted by Crippen LogP contribution is -2.55. The number of piperazine rings is 1. The first kappa shape index (κ1) is 21.6. The number of nitriles is 1. The standard InChI is InChI=1S/C21H31N7O3/c1-26-9-3-4-16(26)14-31-20-24-18-12-23-8-2-5-17(18)19(25-20)27-10-11-28(21(29)30)15(13-27)6-7-22/h15-16,23H,2-6,8-14H2,1H3,(H,29,30)/t15-,16-/m0/s1. The van der Waals surface area contributed by atoms with Gasteiger partial charge in [-0.05, 0) is 45.8 Å². The zero-order chi connectivity index (χ0) is 21.8. The molecular formula is C21H31N7O3. The van der Waals surface area contributed by atoms with Crippen LogP contribution in [0, 0.1) is 11.3 Å². The van der Waals surface area contributed by atoms with Gasteiger partial charge in [0.2, 0.25) is 0 Å². The summed E-state index contributed by atoms with van der Waals surface area (Å²) in [5.74, 6) is 0.830. The van der Waals surface area contributed by atoms with E-state index in [4.69, 9.17) is 14.7 Å². The van der Waals surface area contributed by atoms with Gasteiger partial charge in [0.15, 0.2) is 0 Å². The summed E-state index contributed by atoms with van der Waals surface area (Å²) in [6.45, 7) is 4.57. The van der Waals surface area contributed by atoms with Crippen molar-refractivity contribution in [3.63, 3.8) is 0 Å². The Morgan fingerprint density at radius 3 is 2.90 bits per heavy atom. The zero-order valence-corrected chi connectivity index (χ0v) is 18.1. The largest absolute Gasteiger partial charge is 0.465 e. The summed E-state index contributed by atoms with van der Waals surface area (Å²) in [6.07, 6.45) is 3.34. The molecule has 10 nitrogen and oxygen atoms in total. The van der Waals surface area contributed by atoms with Crippen LogP contribution < -0.4 is 15.0 Å². The van der Waals surface area contributed by atoms with E-state index >= 15 is 0 Å². The van der Waals surface area contributed by atoms with E-state index in [2.05, 4.69) is 28.2 Å². The van der Waals surface area contributed by atoms with Gasteiger partial charge in [0.05, 0.1) is 24.2 Å². The number of carbonyl (C=O) groups is 1. The Balaban J connectivity index is 1.59. The normalized spacial score (nSPS) is 24.4. The molecule has 1 amide bonds. The number of aromatic nitrogens is 2. The molecule has 31 heavy (non-hydrogen) atoms. The molecule has 0 radical (unpaired) electrons. The number of carboxylic acid groups (broad SMARTS) is 1. The molecule has 1 aromatic rings. The number of hydrogen-bond acceptors (Lipinski definition) is 8. The van der Waals surface area contributed by atoms with Crippen LogP contribution in [0.3, 0.4) is 0 Å². The van der Waals surface area contributed by atoms with Gasteiger partial charge in [-0.3, -0.25) is 0 Å². The van der Waals surface area contributed by atoms with Crippen LogP contribution in [-0.4, -0.2) is 89.4 Å². The first-order valence-corrected chi connectivity index (χ1v) is 11.1. The minimum atomic E-state index is -0.977. The van der Waals surface area contributed by atoms with Gasteiger partial charge >= 0.3 is 12.1 Å². The third-order valence-electron chi connectivity index (χ3n) is 6.55. The zero-order valence-electron chi connectivity index (χ0n) is 18.1. The predicted octanol–water partition coefficient (Wildman–Crippen LogP) is 1.07. The fourth-order valence-corrected chi connectivity index (χ4v) is 4.76. The van der Waals surface area contributed by atoms with Crippen molar-refractivity contribution in [3.05, 3.63) is 11.3 Å². The summed E-state index contributed by atoms with van der Waals surface area (Å²) in [5.41, 5.74) is 2.06. The van der Waals surface area contributed by atoms with Gasteiger partial charge in [0.25, 0.3) is 0 Å². The van der Waals surface area contributed by atoms with Crippen molar-refractivity contribution in [1.29, 1.82) is 5.26 Å². The first-order valence-electron chi connectivity index (χ1n) is 11.1. The van der Waals surface area contributed by atoms with Gasteiger partial charge in [-0.15, -0.1) is 0 Å². The third-order valence-corrected chi connectivity index (χ3v) is 6.55. The Labute approximate surface area is 182 Å². The number of nitrogens with one attached hydrogen (secondary N) is 1. The summed E-state index contributed by atoms with van der Waals surface area (Å²) < 4.78 is 6.06. The molecule has 2 fully saturated rings. The van der Waals surface area contributed by atoms with Crippen LogP contribution in [-0.2, 0) is 13.0 Å². The van der Waals surface area contributed by atoms with Crippen molar-refractivity contribution in [3.8, 4) is 12.1 Å². The van der Waals surface area contributed by atoms with Crippen LogP contribution in [0.1, 0.15) is 36.9 Å². The molecule has 0 unspecified atom stereocenters. The molecule has 0 aromatic carbocycles. The van der Waals surface area contributed by atoms with Crippen LogP contribution >= 0.6 is 0 Å². The van der Waals surface area contributed by atoms with Crippen LogP contribution in [0.2, 0.25) is 0 Å². The maximum atomic E-state index is 11.6. The Hall–Kier alpha value is -2.64. The highest BCUT2D eigenvalue weighted by Crippen LogP contribution is 2.29. The number of anilines is 1. The van der Waals surface area contributed by atoms with Gasteiger partial charge < -0.3 is 29.9 Å². The van der Waals surface area contributed by atoms with E-state index < -0.39 is 6.09 Å². The van der Waals surface area contributed by atoms with Crippen molar-refractivity contribution in [2.24, 2.45) is 0 Å². The van der Waals surface area contributed by atoms with Crippen molar-refractivity contribution in [1.82, 2.24) is 25.1 Å². The highest BCUT2D eigenvalue weighted by molar-refractivity contribution is 5.66. The summed E-state index contributed by atoms with van der Waals surface area (Å²) in [7, 11) is 2.12. The topological polar surface area (TPSA) is 118 Å². The molecule has 10 heteroatoms. The number of ether oxygens (including phenoxy) is 1. The minimum Gasteiger partial charge on any atom is -0.465 e. The van der Waals surface area contributed by atoms with Crippen LogP contribution in [0.4, 0.5) is 10.6 Å². The molecule has 1 aromatic heterocycles. The molecule has 0 aliphatic carbocycles. The quantitative estimate of drug-likeness (QED) is 0.708. The lowest BCUT2D eigenvalue weighted by atomic mass is 10.1. The highest BCUT2D eigenvalue weighted by Gasteiger charge is 2.33. The van der Waals surface area contributed by atoms with E-state index in [0.29, 0.717) is 44.8 Å². The fraction of sp³-hybridized carbons (Fsp3) is 0.714. The van der Waals surface area contributed by atoms with E-state index in [1.807, 2.05) is 0 Å². The van der Waals surface area contributed by atoms with E-state index in [1.54, 1.807) is 0 Å². The summed E-state index contributed by atoms with van der Waals surface area (Å²) in [5, 5.41) is 22.1. The molecule has 3 aliphatic heterocycles. The lowest BCUT2D eigenvalue weighted by Gasteiger charge is -2.40. The Bertz CT molecular complexity index is 843. The SMILES string of the molecule is CN1CCC[C@H]1COc1nc2c(c(N3CCN(C(=O)O)[C@@H](CC#N)C3)n1)CCCNC2. The smallest absolute Gasteiger partial charge is 0.407 e. The fourth-order valence-electron chi connectivity index (χ4n) is 4.76. The van der Waals surface area contributed by atoms with Gasteiger partial charge in [-0.25, -0.2) is 4.79 Å². The second-order valence-electron chi connectivity index (χ2n) is 8.56. The van der Waals surface area contributed by atoms with Gasteiger partial charge in [0, 0.05) is 37.8 Å². The monoisotopic (exact) mass is 429 g/mol. The average molecular weight is 430 g/mol.